The minimum Gasteiger partial charge on any atom is -0.394 e. The van der Waals surface area contributed by atoms with Gasteiger partial charge in [0.05, 0.1) is 5.70 Å². The predicted molar refractivity (Wildman–Crippen MR) is 102 cm³/mol. The number of rotatable bonds is 5. The van der Waals surface area contributed by atoms with Crippen LogP contribution >= 0.6 is 0 Å². The monoisotopic (exact) mass is 321 g/mol. The zero-order valence-corrected chi connectivity index (χ0v) is 14.3. The number of H-pyrrole nitrogens is 1. The van der Waals surface area contributed by atoms with Crippen LogP contribution in [0.15, 0.2) is 72.0 Å². The summed E-state index contributed by atoms with van der Waals surface area (Å²) >= 11 is 0. The molecule has 4 nitrogen and oxygen atoms in total. The Balaban J connectivity index is 2.23. The third-order valence-electron chi connectivity index (χ3n) is 3.69. The van der Waals surface area contributed by atoms with Crippen molar-refractivity contribution in [3.8, 4) is 0 Å². The number of aromatic amines is 1. The van der Waals surface area contributed by atoms with Gasteiger partial charge in [-0.05, 0) is 62.3 Å². The molecule has 1 aromatic heterocycles. The molecular weight excluding hydrogens is 298 g/mol. The second kappa shape index (κ2) is 7.51. The molecule has 0 saturated carbocycles. The molecule has 0 aliphatic heterocycles. The lowest BCUT2D eigenvalue weighted by Crippen LogP contribution is -2.20. The Morgan fingerprint density at radius 1 is 1.33 bits per heavy atom. The zero-order chi connectivity index (χ0) is 17.7. The minimum atomic E-state index is -0.333. The maximum Gasteiger partial charge on any atom is 0.271 e. The fourth-order valence-electron chi connectivity index (χ4n) is 2.38. The highest BCUT2D eigenvalue weighted by molar-refractivity contribution is 6.04. The second-order valence-electron chi connectivity index (χ2n) is 5.65. The first-order chi connectivity index (χ1) is 11.4. The van der Waals surface area contributed by atoms with Crippen LogP contribution in [0.25, 0.3) is 10.9 Å². The van der Waals surface area contributed by atoms with Gasteiger partial charge in [0.25, 0.3) is 5.91 Å². The molecule has 2 rings (SSSR count). The molecule has 0 unspecified atom stereocenters. The molecule has 4 heteroatoms. The van der Waals surface area contributed by atoms with E-state index in [1.54, 1.807) is 12.2 Å². The number of fused-ring (bicyclic) bond motifs is 1. The van der Waals surface area contributed by atoms with E-state index in [0.29, 0.717) is 5.69 Å². The summed E-state index contributed by atoms with van der Waals surface area (Å²) < 4.78 is 0. The van der Waals surface area contributed by atoms with Gasteiger partial charge in [0.15, 0.2) is 0 Å². The van der Waals surface area contributed by atoms with Gasteiger partial charge >= 0.3 is 0 Å². The number of carbonyl (C=O) groups is 1. The van der Waals surface area contributed by atoms with Crippen LogP contribution in [0.4, 0.5) is 5.69 Å². The van der Waals surface area contributed by atoms with Crippen LogP contribution in [0, 0.1) is 6.92 Å². The van der Waals surface area contributed by atoms with Crippen molar-refractivity contribution in [2.45, 2.75) is 20.8 Å². The van der Waals surface area contributed by atoms with Crippen molar-refractivity contribution in [1.82, 2.24) is 4.98 Å². The van der Waals surface area contributed by atoms with Crippen molar-refractivity contribution in [2.75, 3.05) is 5.32 Å². The molecule has 2 aromatic rings. The van der Waals surface area contributed by atoms with Gasteiger partial charge in [-0.25, -0.2) is 0 Å². The molecule has 0 fully saturated rings. The largest absolute Gasteiger partial charge is 0.394 e. The van der Waals surface area contributed by atoms with Gasteiger partial charge in [0, 0.05) is 22.3 Å². The van der Waals surface area contributed by atoms with Crippen LogP contribution in [0.5, 0.6) is 0 Å². The fourth-order valence-corrected chi connectivity index (χ4v) is 2.38. The van der Waals surface area contributed by atoms with E-state index in [1.165, 1.54) is 0 Å². The Kier molecular flexibility index (Phi) is 5.42. The van der Waals surface area contributed by atoms with Crippen LogP contribution < -0.4 is 11.1 Å². The van der Waals surface area contributed by atoms with Crippen LogP contribution in [-0.2, 0) is 4.79 Å². The Hall–Kier alpha value is -3.01. The third kappa shape index (κ3) is 4.04. The topological polar surface area (TPSA) is 70.9 Å². The Morgan fingerprint density at radius 2 is 2.08 bits per heavy atom. The van der Waals surface area contributed by atoms with E-state index in [2.05, 4.69) is 16.9 Å². The maximum atomic E-state index is 12.3. The summed E-state index contributed by atoms with van der Waals surface area (Å²) in [4.78, 5) is 15.6. The van der Waals surface area contributed by atoms with E-state index in [9.17, 15) is 4.79 Å². The van der Waals surface area contributed by atoms with Crippen molar-refractivity contribution in [1.29, 1.82) is 0 Å². The molecule has 0 aliphatic carbocycles. The van der Waals surface area contributed by atoms with Gasteiger partial charge in [0.2, 0.25) is 0 Å². The smallest absolute Gasteiger partial charge is 0.271 e. The number of hydrogen-bond acceptors (Lipinski definition) is 2. The number of benzene rings is 1. The van der Waals surface area contributed by atoms with Crippen LogP contribution in [0.3, 0.4) is 0 Å². The molecule has 0 atom stereocenters. The van der Waals surface area contributed by atoms with E-state index in [0.717, 1.165) is 27.7 Å². The summed E-state index contributed by atoms with van der Waals surface area (Å²) in [5, 5.41) is 3.88. The summed E-state index contributed by atoms with van der Waals surface area (Å²) in [6.45, 7) is 9.58. The molecule has 1 amide bonds. The van der Waals surface area contributed by atoms with E-state index in [-0.39, 0.29) is 11.6 Å². The molecule has 0 radical (unpaired) electrons. The van der Waals surface area contributed by atoms with Gasteiger partial charge in [-0.3, -0.25) is 4.79 Å². The van der Waals surface area contributed by atoms with Crippen LogP contribution in [-0.4, -0.2) is 10.9 Å². The van der Waals surface area contributed by atoms with E-state index in [1.807, 2.05) is 57.2 Å². The number of amides is 1. The van der Waals surface area contributed by atoms with Crippen molar-refractivity contribution in [3.63, 3.8) is 0 Å². The SMILES string of the molecule is C=C/C(C)=C(\C=C/C)/C=C(\N)C(=O)Nc1ccc2[nH]c(C)cc2c1. The molecule has 1 heterocycles. The molecule has 0 bridgehead atoms. The van der Waals surface area contributed by atoms with Crippen LogP contribution in [0.2, 0.25) is 0 Å². The number of carbonyl (C=O) groups excluding carboxylic acids is 1. The highest BCUT2D eigenvalue weighted by Gasteiger charge is 2.08. The Labute approximate surface area is 142 Å². The molecule has 1 aromatic carbocycles. The van der Waals surface area contributed by atoms with Gasteiger partial charge in [-0.1, -0.05) is 24.8 Å². The molecule has 0 saturated heterocycles. The van der Waals surface area contributed by atoms with Gasteiger partial charge in [-0.2, -0.15) is 0 Å². The number of aromatic nitrogens is 1. The van der Waals surface area contributed by atoms with Crippen molar-refractivity contribution < 1.29 is 4.79 Å². The van der Waals surface area contributed by atoms with Crippen molar-refractivity contribution in [3.05, 3.63) is 77.7 Å². The lowest BCUT2D eigenvalue weighted by atomic mass is 10.1. The number of nitrogens with one attached hydrogen (secondary N) is 2. The Bertz CT molecular complexity index is 866. The van der Waals surface area contributed by atoms with E-state index < -0.39 is 0 Å². The number of aryl methyl sites for hydroxylation is 1. The lowest BCUT2D eigenvalue weighted by molar-refractivity contribution is -0.112. The molecule has 124 valence electrons. The number of nitrogens with two attached hydrogens (primary N) is 1. The maximum absolute atomic E-state index is 12.3. The first-order valence-electron chi connectivity index (χ1n) is 7.78. The van der Waals surface area contributed by atoms with Crippen molar-refractivity contribution >= 4 is 22.5 Å². The summed E-state index contributed by atoms with van der Waals surface area (Å²) in [5.74, 6) is -0.333. The van der Waals surface area contributed by atoms with Crippen LogP contribution in [0.1, 0.15) is 19.5 Å². The quantitative estimate of drug-likeness (QED) is 0.566. The summed E-state index contributed by atoms with van der Waals surface area (Å²) in [7, 11) is 0. The van der Waals surface area contributed by atoms with Gasteiger partial charge in [-0.15, -0.1) is 0 Å². The highest BCUT2D eigenvalue weighted by atomic mass is 16.2. The molecule has 4 N–H and O–H groups in total. The number of allylic oxidation sites excluding steroid dienone is 6. The molecular formula is C20H23N3O. The Morgan fingerprint density at radius 3 is 2.75 bits per heavy atom. The number of hydrogen-bond donors (Lipinski definition) is 3. The number of anilines is 1. The van der Waals surface area contributed by atoms with Gasteiger partial charge < -0.3 is 16.0 Å². The fraction of sp³-hybridized carbons (Fsp3) is 0.150. The normalized spacial score (nSPS) is 13.2. The van der Waals surface area contributed by atoms with Gasteiger partial charge in [0.1, 0.15) is 0 Å². The highest BCUT2D eigenvalue weighted by Crippen LogP contribution is 2.20. The summed E-state index contributed by atoms with van der Waals surface area (Å²) in [6.07, 6.45) is 7.18. The molecule has 0 spiro atoms. The average molecular weight is 321 g/mol. The summed E-state index contributed by atoms with van der Waals surface area (Å²) in [6, 6.07) is 7.73. The third-order valence-corrected chi connectivity index (χ3v) is 3.69. The second-order valence-corrected chi connectivity index (χ2v) is 5.65. The lowest BCUT2D eigenvalue weighted by Gasteiger charge is -2.07. The predicted octanol–water partition coefficient (Wildman–Crippen LogP) is 4.34. The van der Waals surface area contributed by atoms with E-state index >= 15 is 0 Å². The molecule has 24 heavy (non-hydrogen) atoms. The summed E-state index contributed by atoms with van der Waals surface area (Å²) in [5.41, 5.74) is 10.7. The standard InChI is InChI=1S/C20H23N3O/c1-5-7-15(13(3)6-2)12-18(21)20(24)23-17-8-9-19-16(11-17)10-14(4)22-19/h5-12,22H,2,21H2,1,3-4H3,(H,23,24)/b7-5-,15-13+,18-12-. The first kappa shape index (κ1) is 17.3. The molecule has 0 aliphatic rings. The van der Waals surface area contributed by atoms with Crippen molar-refractivity contribution in [2.24, 2.45) is 5.73 Å². The zero-order valence-electron chi connectivity index (χ0n) is 14.3. The first-order valence-corrected chi connectivity index (χ1v) is 7.78. The van der Waals surface area contributed by atoms with E-state index in [4.69, 9.17) is 5.73 Å². The minimum absolute atomic E-state index is 0.148. The average Bonchev–Trinajstić information content (AvgIpc) is 2.92.